The molecule has 1 aromatic heterocycles. The monoisotopic (exact) mass is 377 g/mol. The molecule has 0 radical (unpaired) electrons. The lowest BCUT2D eigenvalue weighted by Gasteiger charge is -2.31. The molecule has 0 bridgehead atoms. The smallest absolute Gasteiger partial charge is 0.223 e. The first kappa shape index (κ1) is 18.2. The lowest BCUT2D eigenvalue weighted by molar-refractivity contribution is -0.126. The average Bonchev–Trinajstić information content (AvgIpc) is 2.64. The predicted octanol–water partition coefficient (Wildman–Crippen LogP) is 3.92. The zero-order valence-electron chi connectivity index (χ0n) is 13.9. The first-order valence-electron chi connectivity index (χ1n) is 8.45. The number of hydrogen-bond donors (Lipinski definition) is 1. The summed E-state index contributed by atoms with van der Waals surface area (Å²) in [6.45, 7) is 3.02. The third kappa shape index (κ3) is 4.94. The summed E-state index contributed by atoms with van der Waals surface area (Å²) in [6, 6.07) is 9.41. The number of aromatic nitrogens is 1. The van der Waals surface area contributed by atoms with Crippen LogP contribution in [0, 0.1) is 5.92 Å². The van der Waals surface area contributed by atoms with Crippen LogP contribution in [0.5, 0.6) is 0 Å². The Hall–Kier alpha value is -1.62. The van der Waals surface area contributed by atoms with E-state index >= 15 is 0 Å². The van der Waals surface area contributed by atoms with E-state index in [0.717, 1.165) is 43.6 Å². The second-order valence-corrected chi connectivity index (χ2v) is 7.14. The number of likely N-dealkylation sites (tertiary alicyclic amines) is 1. The van der Waals surface area contributed by atoms with E-state index in [1.165, 1.54) is 0 Å². The van der Waals surface area contributed by atoms with Crippen LogP contribution >= 0.6 is 23.2 Å². The molecule has 4 nitrogen and oxygen atoms in total. The van der Waals surface area contributed by atoms with Crippen LogP contribution in [0.3, 0.4) is 0 Å². The number of carbonyl (C=O) groups is 1. The summed E-state index contributed by atoms with van der Waals surface area (Å²) in [6.07, 6.45) is 5.17. The summed E-state index contributed by atoms with van der Waals surface area (Å²) in [7, 11) is 0. The van der Waals surface area contributed by atoms with Crippen LogP contribution in [-0.4, -0.2) is 28.9 Å². The number of halogens is 2. The predicted molar refractivity (Wildman–Crippen MR) is 101 cm³/mol. The van der Waals surface area contributed by atoms with Gasteiger partial charge in [-0.05, 0) is 55.8 Å². The summed E-state index contributed by atoms with van der Waals surface area (Å²) in [5.74, 6) is 0.201. The van der Waals surface area contributed by atoms with Gasteiger partial charge < -0.3 is 5.32 Å². The van der Waals surface area contributed by atoms with Crippen LogP contribution in [0.15, 0.2) is 42.7 Å². The normalized spacial score (nSPS) is 15.9. The SMILES string of the molecule is O=C(NCc1ccncc1)C1CCN(Cc2c(Cl)cccc2Cl)CC1. The number of nitrogens with zero attached hydrogens (tertiary/aromatic N) is 2. The highest BCUT2D eigenvalue weighted by molar-refractivity contribution is 6.35. The third-order valence-electron chi connectivity index (χ3n) is 4.62. The summed E-state index contributed by atoms with van der Waals surface area (Å²) < 4.78 is 0. The topological polar surface area (TPSA) is 45.2 Å². The van der Waals surface area contributed by atoms with Crippen molar-refractivity contribution in [1.82, 2.24) is 15.2 Å². The van der Waals surface area contributed by atoms with E-state index in [2.05, 4.69) is 15.2 Å². The zero-order valence-corrected chi connectivity index (χ0v) is 15.4. The molecule has 0 spiro atoms. The van der Waals surface area contributed by atoms with Crippen LogP contribution in [0.25, 0.3) is 0 Å². The van der Waals surface area contributed by atoms with Crippen molar-refractivity contribution in [3.8, 4) is 0 Å². The molecule has 1 aliphatic rings. The highest BCUT2D eigenvalue weighted by Crippen LogP contribution is 2.27. The fraction of sp³-hybridized carbons (Fsp3) is 0.368. The summed E-state index contributed by atoms with van der Waals surface area (Å²) >= 11 is 12.5. The number of piperidine rings is 1. The minimum Gasteiger partial charge on any atom is -0.352 e. The maximum Gasteiger partial charge on any atom is 0.223 e. The van der Waals surface area contributed by atoms with Gasteiger partial charge in [0.1, 0.15) is 0 Å². The van der Waals surface area contributed by atoms with Gasteiger partial charge in [-0.3, -0.25) is 14.7 Å². The molecule has 1 amide bonds. The fourth-order valence-corrected chi connectivity index (χ4v) is 3.61. The van der Waals surface area contributed by atoms with Gasteiger partial charge in [-0.1, -0.05) is 29.3 Å². The molecule has 6 heteroatoms. The molecule has 1 fully saturated rings. The first-order chi connectivity index (χ1) is 12.1. The van der Waals surface area contributed by atoms with Gasteiger partial charge in [-0.2, -0.15) is 0 Å². The number of nitrogens with one attached hydrogen (secondary N) is 1. The second-order valence-electron chi connectivity index (χ2n) is 6.32. The standard InChI is InChI=1S/C19H21Cl2N3O/c20-17-2-1-3-18(21)16(17)13-24-10-6-15(7-11-24)19(25)23-12-14-4-8-22-9-5-14/h1-5,8-9,15H,6-7,10-13H2,(H,23,25). The number of amides is 1. The number of benzene rings is 1. The van der Waals surface area contributed by atoms with Gasteiger partial charge in [0.25, 0.3) is 0 Å². The molecule has 25 heavy (non-hydrogen) atoms. The van der Waals surface area contributed by atoms with Gasteiger partial charge in [0.2, 0.25) is 5.91 Å². The molecule has 1 N–H and O–H groups in total. The Balaban J connectivity index is 1.47. The van der Waals surface area contributed by atoms with Crippen molar-refractivity contribution in [3.05, 3.63) is 63.9 Å². The van der Waals surface area contributed by atoms with Crippen LogP contribution in [-0.2, 0) is 17.9 Å². The lowest BCUT2D eigenvalue weighted by atomic mass is 9.95. The third-order valence-corrected chi connectivity index (χ3v) is 5.33. The summed E-state index contributed by atoms with van der Waals surface area (Å²) in [5.41, 5.74) is 2.03. The number of rotatable bonds is 5. The molecule has 132 valence electrons. The van der Waals surface area contributed by atoms with Crippen molar-refractivity contribution in [3.63, 3.8) is 0 Å². The molecule has 0 aliphatic carbocycles. The van der Waals surface area contributed by atoms with E-state index in [1.807, 2.05) is 30.3 Å². The van der Waals surface area contributed by atoms with Crippen molar-refractivity contribution in [1.29, 1.82) is 0 Å². The van der Waals surface area contributed by atoms with Crippen molar-refractivity contribution in [2.24, 2.45) is 5.92 Å². The molecule has 0 unspecified atom stereocenters. The van der Waals surface area contributed by atoms with E-state index in [-0.39, 0.29) is 11.8 Å². The van der Waals surface area contributed by atoms with E-state index in [1.54, 1.807) is 12.4 Å². The number of pyridine rings is 1. The van der Waals surface area contributed by atoms with Crippen molar-refractivity contribution in [2.75, 3.05) is 13.1 Å². The van der Waals surface area contributed by atoms with Gasteiger partial charge in [0, 0.05) is 47.0 Å². The zero-order chi connectivity index (χ0) is 17.6. The molecule has 2 heterocycles. The van der Waals surface area contributed by atoms with Crippen LogP contribution in [0.1, 0.15) is 24.0 Å². The molecule has 1 aliphatic heterocycles. The fourth-order valence-electron chi connectivity index (χ4n) is 3.09. The van der Waals surface area contributed by atoms with E-state index in [9.17, 15) is 4.79 Å². The largest absolute Gasteiger partial charge is 0.352 e. The molecule has 2 aromatic rings. The molecule has 3 rings (SSSR count). The highest BCUT2D eigenvalue weighted by atomic mass is 35.5. The van der Waals surface area contributed by atoms with Crippen molar-refractivity contribution < 1.29 is 4.79 Å². The summed E-state index contributed by atoms with van der Waals surface area (Å²) in [4.78, 5) is 18.6. The van der Waals surface area contributed by atoms with Crippen LogP contribution < -0.4 is 5.32 Å². The second kappa shape index (κ2) is 8.65. The Kier molecular flexibility index (Phi) is 6.29. The average molecular weight is 378 g/mol. The van der Waals surface area contributed by atoms with Crippen LogP contribution in [0.2, 0.25) is 10.0 Å². The van der Waals surface area contributed by atoms with E-state index in [0.29, 0.717) is 16.6 Å². The molecule has 0 saturated carbocycles. The van der Waals surface area contributed by atoms with Gasteiger partial charge >= 0.3 is 0 Å². The van der Waals surface area contributed by atoms with Crippen LogP contribution in [0.4, 0.5) is 0 Å². The van der Waals surface area contributed by atoms with Crippen molar-refractivity contribution in [2.45, 2.75) is 25.9 Å². The molecule has 1 saturated heterocycles. The van der Waals surface area contributed by atoms with Gasteiger partial charge in [-0.25, -0.2) is 0 Å². The Bertz CT molecular complexity index is 696. The van der Waals surface area contributed by atoms with E-state index < -0.39 is 0 Å². The Labute approximate surface area is 158 Å². The highest BCUT2D eigenvalue weighted by Gasteiger charge is 2.25. The van der Waals surface area contributed by atoms with Crippen molar-refractivity contribution >= 4 is 29.1 Å². The first-order valence-corrected chi connectivity index (χ1v) is 9.21. The van der Waals surface area contributed by atoms with Gasteiger partial charge in [0.05, 0.1) is 0 Å². The Morgan fingerprint density at radius 2 is 1.76 bits per heavy atom. The lowest BCUT2D eigenvalue weighted by Crippen LogP contribution is -2.40. The minimum absolute atomic E-state index is 0.0693. The maximum absolute atomic E-state index is 12.4. The molecular formula is C19H21Cl2N3O. The van der Waals surface area contributed by atoms with Gasteiger partial charge in [-0.15, -0.1) is 0 Å². The molecule has 0 atom stereocenters. The Morgan fingerprint density at radius 1 is 1.12 bits per heavy atom. The minimum atomic E-state index is 0.0693. The molecule has 1 aromatic carbocycles. The van der Waals surface area contributed by atoms with Gasteiger partial charge in [0.15, 0.2) is 0 Å². The summed E-state index contributed by atoms with van der Waals surface area (Å²) in [5, 5.41) is 4.42. The number of hydrogen-bond acceptors (Lipinski definition) is 3. The quantitative estimate of drug-likeness (QED) is 0.858. The Morgan fingerprint density at radius 3 is 2.40 bits per heavy atom. The number of carbonyl (C=O) groups excluding carboxylic acids is 1. The molecular weight excluding hydrogens is 357 g/mol. The van der Waals surface area contributed by atoms with E-state index in [4.69, 9.17) is 23.2 Å². The maximum atomic E-state index is 12.4.